The fourth-order valence-corrected chi connectivity index (χ4v) is 4.92. The molecule has 2 aromatic carbocycles. The summed E-state index contributed by atoms with van der Waals surface area (Å²) in [5.74, 6) is 0.0206. The van der Waals surface area contributed by atoms with Gasteiger partial charge in [-0.2, -0.15) is 0 Å². The maximum atomic E-state index is 13.1. The standard InChI is InChI=1S/C28H35N3O/c1-21-13-15-25(16-14-21)31-23(3)26(20-27(31)24-11-5-4-6-12-24)28(32)29-17-9-19-30-18-8-7-10-22(30)2/h4-6,11-16,20,22H,7-10,17-19H2,1-3H3,(H,29,32)/p+1/t22-/m0/s1. The molecule has 1 aliphatic heterocycles. The van der Waals surface area contributed by atoms with Gasteiger partial charge in [0.05, 0.1) is 30.4 Å². The molecule has 32 heavy (non-hydrogen) atoms. The van der Waals surface area contributed by atoms with Gasteiger partial charge in [0.25, 0.3) is 5.91 Å². The number of piperidine rings is 1. The van der Waals surface area contributed by atoms with Crippen molar-refractivity contribution in [2.75, 3.05) is 19.6 Å². The highest BCUT2D eigenvalue weighted by Crippen LogP contribution is 2.29. The Hall–Kier alpha value is -2.85. The first-order valence-corrected chi connectivity index (χ1v) is 12.0. The van der Waals surface area contributed by atoms with E-state index >= 15 is 0 Å². The third-order valence-corrected chi connectivity index (χ3v) is 6.90. The highest BCUT2D eigenvalue weighted by molar-refractivity contribution is 5.97. The molecule has 1 saturated heterocycles. The van der Waals surface area contributed by atoms with Crippen molar-refractivity contribution in [2.24, 2.45) is 0 Å². The minimum Gasteiger partial charge on any atom is -0.352 e. The second kappa shape index (κ2) is 10.2. The Labute approximate surface area is 192 Å². The van der Waals surface area contributed by atoms with E-state index in [1.807, 2.05) is 31.2 Å². The van der Waals surface area contributed by atoms with Gasteiger partial charge in [-0.15, -0.1) is 0 Å². The molecule has 1 amide bonds. The zero-order valence-electron chi connectivity index (χ0n) is 19.7. The van der Waals surface area contributed by atoms with Gasteiger partial charge in [-0.25, -0.2) is 0 Å². The Kier molecular flexibility index (Phi) is 7.11. The van der Waals surface area contributed by atoms with Gasteiger partial charge in [0.1, 0.15) is 0 Å². The zero-order chi connectivity index (χ0) is 22.5. The number of quaternary nitrogens is 1. The largest absolute Gasteiger partial charge is 0.352 e. The van der Waals surface area contributed by atoms with E-state index in [0.29, 0.717) is 0 Å². The number of carbonyl (C=O) groups is 1. The molecule has 3 aromatic rings. The Balaban J connectivity index is 1.52. The number of hydrogen-bond donors (Lipinski definition) is 2. The molecule has 1 fully saturated rings. The lowest BCUT2D eigenvalue weighted by atomic mass is 10.0. The molecule has 0 spiro atoms. The normalized spacial score (nSPS) is 18.5. The number of nitrogens with one attached hydrogen (secondary N) is 2. The fraction of sp³-hybridized carbons (Fsp3) is 0.393. The molecule has 4 heteroatoms. The summed E-state index contributed by atoms with van der Waals surface area (Å²) in [5.41, 5.74) is 6.18. The Morgan fingerprint density at radius 2 is 1.81 bits per heavy atom. The minimum atomic E-state index is 0.0206. The molecule has 4 rings (SSSR count). The molecule has 0 bridgehead atoms. The third-order valence-electron chi connectivity index (χ3n) is 6.90. The van der Waals surface area contributed by atoms with Crippen molar-refractivity contribution in [3.63, 3.8) is 0 Å². The van der Waals surface area contributed by atoms with Gasteiger partial charge in [-0.05, 0) is 63.8 Å². The molecular formula is C28H36N3O+. The Bertz CT molecular complexity index is 1040. The number of likely N-dealkylation sites (tertiary alicyclic amines) is 1. The molecule has 0 radical (unpaired) electrons. The number of benzene rings is 2. The number of amides is 1. The maximum Gasteiger partial charge on any atom is 0.253 e. The van der Waals surface area contributed by atoms with E-state index < -0.39 is 0 Å². The first-order chi connectivity index (χ1) is 15.5. The molecule has 2 atom stereocenters. The molecular weight excluding hydrogens is 394 g/mol. The van der Waals surface area contributed by atoms with Crippen LogP contribution in [0.5, 0.6) is 0 Å². The van der Waals surface area contributed by atoms with Gasteiger partial charge in [0, 0.05) is 24.3 Å². The van der Waals surface area contributed by atoms with Gasteiger partial charge < -0.3 is 14.8 Å². The second-order valence-electron chi connectivity index (χ2n) is 9.23. The van der Waals surface area contributed by atoms with Crippen molar-refractivity contribution < 1.29 is 9.69 Å². The van der Waals surface area contributed by atoms with Gasteiger partial charge in [0.15, 0.2) is 0 Å². The zero-order valence-corrected chi connectivity index (χ0v) is 19.7. The van der Waals surface area contributed by atoms with E-state index in [9.17, 15) is 4.79 Å². The lowest BCUT2D eigenvalue weighted by molar-refractivity contribution is -0.928. The molecule has 1 aromatic heterocycles. The van der Waals surface area contributed by atoms with E-state index in [2.05, 4.69) is 60.1 Å². The van der Waals surface area contributed by atoms with Crippen molar-refractivity contribution in [3.05, 3.63) is 77.5 Å². The minimum absolute atomic E-state index is 0.0206. The number of hydrogen-bond acceptors (Lipinski definition) is 1. The predicted molar refractivity (Wildman–Crippen MR) is 132 cm³/mol. The summed E-state index contributed by atoms with van der Waals surface area (Å²) in [5, 5.41) is 3.18. The number of carbonyl (C=O) groups excluding carboxylic acids is 1. The summed E-state index contributed by atoms with van der Waals surface area (Å²) in [6.45, 7) is 9.63. The molecule has 2 heterocycles. The Morgan fingerprint density at radius 1 is 1.06 bits per heavy atom. The van der Waals surface area contributed by atoms with E-state index in [-0.39, 0.29) is 5.91 Å². The summed E-state index contributed by atoms with van der Waals surface area (Å²) in [7, 11) is 0. The fourth-order valence-electron chi connectivity index (χ4n) is 4.92. The van der Waals surface area contributed by atoms with Crippen LogP contribution >= 0.6 is 0 Å². The summed E-state index contributed by atoms with van der Waals surface area (Å²) >= 11 is 0. The summed E-state index contributed by atoms with van der Waals surface area (Å²) < 4.78 is 2.20. The summed E-state index contributed by atoms with van der Waals surface area (Å²) in [4.78, 5) is 14.8. The van der Waals surface area contributed by atoms with Crippen LogP contribution < -0.4 is 10.2 Å². The highest BCUT2D eigenvalue weighted by Gasteiger charge is 2.22. The average Bonchev–Trinajstić information content (AvgIpc) is 3.16. The van der Waals surface area contributed by atoms with Crippen LogP contribution in [0.3, 0.4) is 0 Å². The van der Waals surface area contributed by atoms with Crippen molar-refractivity contribution in [1.82, 2.24) is 9.88 Å². The lowest BCUT2D eigenvalue weighted by Gasteiger charge is -2.30. The van der Waals surface area contributed by atoms with Crippen LogP contribution in [0.2, 0.25) is 0 Å². The number of nitrogens with zero attached hydrogens (tertiary/aromatic N) is 1. The molecule has 168 valence electrons. The quantitative estimate of drug-likeness (QED) is 0.538. The maximum absolute atomic E-state index is 13.1. The van der Waals surface area contributed by atoms with Gasteiger partial charge >= 0.3 is 0 Å². The van der Waals surface area contributed by atoms with Gasteiger partial charge in [0.2, 0.25) is 0 Å². The smallest absolute Gasteiger partial charge is 0.253 e. The second-order valence-corrected chi connectivity index (χ2v) is 9.23. The van der Waals surface area contributed by atoms with E-state index in [1.54, 1.807) is 4.90 Å². The first-order valence-electron chi connectivity index (χ1n) is 12.0. The monoisotopic (exact) mass is 430 g/mol. The van der Waals surface area contributed by atoms with E-state index in [4.69, 9.17) is 0 Å². The average molecular weight is 431 g/mol. The van der Waals surface area contributed by atoms with Crippen LogP contribution in [0, 0.1) is 13.8 Å². The number of rotatable bonds is 7. The van der Waals surface area contributed by atoms with Crippen LogP contribution in [0.1, 0.15) is 54.2 Å². The molecule has 0 aliphatic carbocycles. The molecule has 1 unspecified atom stereocenters. The van der Waals surface area contributed by atoms with Crippen molar-refractivity contribution in [1.29, 1.82) is 0 Å². The van der Waals surface area contributed by atoms with Crippen LogP contribution in [0.4, 0.5) is 0 Å². The molecule has 0 saturated carbocycles. The predicted octanol–water partition coefficient (Wildman–Crippen LogP) is 4.34. The van der Waals surface area contributed by atoms with Crippen LogP contribution in [0.15, 0.2) is 60.7 Å². The van der Waals surface area contributed by atoms with Crippen molar-refractivity contribution >= 4 is 5.91 Å². The van der Waals surface area contributed by atoms with Crippen molar-refractivity contribution in [2.45, 2.75) is 52.5 Å². The third kappa shape index (κ3) is 4.97. The van der Waals surface area contributed by atoms with Crippen molar-refractivity contribution in [3.8, 4) is 16.9 Å². The molecule has 4 nitrogen and oxygen atoms in total. The molecule has 1 aliphatic rings. The number of aryl methyl sites for hydroxylation is 1. The first kappa shape index (κ1) is 22.3. The van der Waals surface area contributed by atoms with E-state index in [0.717, 1.165) is 53.8 Å². The summed E-state index contributed by atoms with van der Waals surface area (Å²) in [6.07, 6.45) is 5.05. The van der Waals surface area contributed by atoms with Gasteiger partial charge in [-0.1, -0.05) is 48.0 Å². The lowest BCUT2D eigenvalue weighted by Crippen LogP contribution is -3.16. The Morgan fingerprint density at radius 3 is 2.53 bits per heavy atom. The van der Waals surface area contributed by atoms with Crippen LogP contribution in [-0.4, -0.2) is 36.2 Å². The van der Waals surface area contributed by atoms with Gasteiger partial charge in [-0.3, -0.25) is 4.79 Å². The topological polar surface area (TPSA) is 38.5 Å². The number of aromatic nitrogens is 1. The van der Waals surface area contributed by atoms with Crippen LogP contribution in [0.25, 0.3) is 16.9 Å². The molecule has 2 N–H and O–H groups in total. The SMILES string of the molecule is Cc1ccc(-n2c(-c3ccccc3)cc(C(=O)NCCC[NH+]3CCCC[C@@H]3C)c2C)cc1. The van der Waals surface area contributed by atoms with Crippen LogP contribution in [-0.2, 0) is 0 Å². The highest BCUT2D eigenvalue weighted by atomic mass is 16.1. The van der Waals surface area contributed by atoms with E-state index in [1.165, 1.54) is 31.4 Å². The summed E-state index contributed by atoms with van der Waals surface area (Å²) in [6, 6.07) is 21.6.